The number of hydrogen-bond acceptors (Lipinski definition) is 4. The Labute approximate surface area is 171 Å². The van der Waals surface area contributed by atoms with E-state index in [4.69, 9.17) is 0 Å². The van der Waals surface area contributed by atoms with Gasteiger partial charge in [-0.3, -0.25) is 9.36 Å². The van der Waals surface area contributed by atoms with E-state index in [1.165, 1.54) is 36.4 Å². The zero-order valence-electron chi connectivity index (χ0n) is 15.2. The number of hydrogen-bond donors (Lipinski definition) is 1. The fourth-order valence-electron chi connectivity index (χ4n) is 2.99. The molecule has 0 spiro atoms. The molecule has 8 heteroatoms. The van der Waals surface area contributed by atoms with Crippen LogP contribution < -0.4 is 9.60 Å². The van der Waals surface area contributed by atoms with Gasteiger partial charge in [0.1, 0.15) is 5.82 Å². The zero-order valence-corrected chi connectivity index (χ0v) is 16.8. The number of sulfonamides is 1. The Morgan fingerprint density at radius 3 is 2.38 bits per heavy atom. The highest BCUT2D eigenvalue weighted by Gasteiger charge is 2.17. The summed E-state index contributed by atoms with van der Waals surface area (Å²) in [5.41, 5.74) is 2.34. The molecule has 29 heavy (non-hydrogen) atoms. The van der Waals surface area contributed by atoms with Gasteiger partial charge in [-0.2, -0.15) is 0 Å². The predicted octanol–water partition coefficient (Wildman–Crippen LogP) is 3.73. The quantitative estimate of drug-likeness (QED) is 0.509. The van der Waals surface area contributed by atoms with Crippen LogP contribution in [0.1, 0.15) is 11.1 Å². The minimum atomic E-state index is -3.77. The van der Waals surface area contributed by atoms with Gasteiger partial charge in [0.15, 0.2) is 0 Å². The summed E-state index contributed by atoms with van der Waals surface area (Å²) in [5, 5.41) is 0. The number of thiazole rings is 1. The van der Waals surface area contributed by atoms with Crippen molar-refractivity contribution in [2.24, 2.45) is 0 Å². The number of benzene rings is 3. The van der Waals surface area contributed by atoms with Crippen molar-refractivity contribution in [3.05, 3.63) is 99.4 Å². The third-order valence-corrected chi connectivity index (χ3v) is 6.85. The molecular weight excluding hydrogens is 411 g/mol. The molecule has 5 nitrogen and oxygen atoms in total. The third-order valence-electron chi connectivity index (χ3n) is 4.51. The van der Waals surface area contributed by atoms with Crippen LogP contribution in [0.3, 0.4) is 0 Å². The fourth-order valence-corrected chi connectivity index (χ4v) is 5.04. The maximum absolute atomic E-state index is 13.0. The van der Waals surface area contributed by atoms with Crippen LogP contribution in [0.25, 0.3) is 10.2 Å². The lowest BCUT2D eigenvalue weighted by Gasteiger charge is -2.08. The van der Waals surface area contributed by atoms with Crippen molar-refractivity contribution in [1.82, 2.24) is 9.29 Å². The molecule has 1 aromatic heterocycles. The van der Waals surface area contributed by atoms with E-state index in [1.54, 1.807) is 10.6 Å². The maximum atomic E-state index is 13.0. The lowest BCUT2D eigenvalue weighted by Crippen LogP contribution is -2.23. The predicted molar refractivity (Wildman–Crippen MR) is 112 cm³/mol. The number of aromatic nitrogens is 1. The van der Waals surface area contributed by atoms with Crippen molar-refractivity contribution >= 4 is 31.6 Å². The fraction of sp³-hybridized carbons (Fsp3) is 0.0952. The first-order chi connectivity index (χ1) is 13.9. The topological polar surface area (TPSA) is 68.2 Å². The summed E-state index contributed by atoms with van der Waals surface area (Å²) in [6.07, 6.45) is 0. The second-order valence-electron chi connectivity index (χ2n) is 6.52. The van der Waals surface area contributed by atoms with Crippen LogP contribution in [0.15, 0.2) is 82.5 Å². The summed E-state index contributed by atoms with van der Waals surface area (Å²) in [7, 11) is -3.77. The van der Waals surface area contributed by atoms with E-state index in [-0.39, 0.29) is 22.1 Å². The zero-order chi connectivity index (χ0) is 20.4. The van der Waals surface area contributed by atoms with E-state index in [1.807, 2.05) is 30.3 Å². The molecule has 0 aliphatic heterocycles. The summed E-state index contributed by atoms with van der Waals surface area (Å²) < 4.78 is 43.0. The Hall–Kier alpha value is -2.81. The van der Waals surface area contributed by atoms with Crippen LogP contribution in [0.5, 0.6) is 0 Å². The Bertz CT molecular complexity index is 1310. The largest absolute Gasteiger partial charge is 0.308 e. The smallest absolute Gasteiger partial charge is 0.294 e. The van der Waals surface area contributed by atoms with E-state index in [0.29, 0.717) is 22.3 Å². The molecule has 4 rings (SSSR count). The molecule has 0 aliphatic carbocycles. The van der Waals surface area contributed by atoms with Crippen LogP contribution in [0.2, 0.25) is 0 Å². The average molecular weight is 429 g/mol. The van der Waals surface area contributed by atoms with Crippen molar-refractivity contribution in [3.63, 3.8) is 0 Å². The van der Waals surface area contributed by atoms with Crippen molar-refractivity contribution in [2.75, 3.05) is 0 Å². The van der Waals surface area contributed by atoms with Crippen LogP contribution >= 0.6 is 11.3 Å². The van der Waals surface area contributed by atoms with Crippen molar-refractivity contribution in [3.8, 4) is 0 Å². The molecule has 0 saturated heterocycles. The summed E-state index contributed by atoms with van der Waals surface area (Å²) in [6, 6.07) is 19.9. The number of nitrogens with zero attached hydrogens (tertiary/aromatic N) is 1. The Morgan fingerprint density at radius 1 is 0.931 bits per heavy atom. The number of fused-ring (bicyclic) bond motifs is 1. The van der Waals surface area contributed by atoms with Crippen molar-refractivity contribution in [1.29, 1.82) is 0 Å². The third kappa shape index (κ3) is 4.29. The Morgan fingerprint density at radius 2 is 1.66 bits per heavy atom. The van der Waals surface area contributed by atoms with Gasteiger partial charge in [-0.1, -0.05) is 53.8 Å². The van der Waals surface area contributed by atoms with Gasteiger partial charge in [0, 0.05) is 6.54 Å². The average Bonchev–Trinajstić information content (AvgIpc) is 3.03. The Balaban J connectivity index is 1.60. The van der Waals surface area contributed by atoms with Crippen molar-refractivity contribution < 1.29 is 12.8 Å². The molecule has 0 bridgehead atoms. The van der Waals surface area contributed by atoms with Crippen LogP contribution in [0, 0.1) is 5.82 Å². The molecular formula is C21H17FN2O3S2. The molecule has 3 aromatic carbocycles. The normalized spacial score (nSPS) is 11.8. The lowest BCUT2D eigenvalue weighted by molar-refractivity contribution is 0.581. The van der Waals surface area contributed by atoms with Gasteiger partial charge in [0.25, 0.3) is 0 Å². The van der Waals surface area contributed by atoms with E-state index in [2.05, 4.69) is 4.72 Å². The maximum Gasteiger partial charge on any atom is 0.308 e. The molecule has 0 aliphatic rings. The van der Waals surface area contributed by atoms with Gasteiger partial charge in [-0.25, -0.2) is 17.5 Å². The highest BCUT2D eigenvalue weighted by atomic mass is 32.2. The number of rotatable bonds is 6. The highest BCUT2D eigenvalue weighted by Crippen LogP contribution is 2.22. The monoisotopic (exact) mass is 428 g/mol. The van der Waals surface area contributed by atoms with Crippen LogP contribution in [0.4, 0.5) is 4.39 Å². The van der Waals surface area contributed by atoms with Gasteiger partial charge in [0.2, 0.25) is 10.0 Å². The van der Waals surface area contributed by atoms with E-state index in [0.717, 1.165) is 16.9 Å². The summed E-state index contributed by atoms with van der Waals surface area (Å²) in [4.78, 5) is 12.4. The molecule has 0 saturated carbocycles. The Kier molecular flexibility index (Phi) is 5.31. The molecule has 0 fully saturated rings. The van der Waals surface area contributed by atoms with Gasteiger partial charge < -0.3 is 0 Å². The molecule has 1 N–H and O–H groups in total. The first-order valence-electron chi connectivity index (χ1n) is 8.84. The second-order valence-corrected chi connectivity index (χ2v) is 9.28. The van der Waals surface area contributed by atoms with E-state index >= 15 is 0 Å². The van der Waals surface area contributed by atoms with Gasteiger partial charge in [0.05, 0.1) is 21.7 Å². The molecule has 0 radical (unpaired) electrons. The molecule has 1 heterocycles. The first kappa shape index (κ1) is 19.5. The highest BCUT2D eigenvalue weighted by molar-refractivity contribution is 7.89. The number of nitrogens with one attached hydrogen (secondary N) is 1. The molecule has 0 unspecified atom stereocenters. The van der Waals surface area contributed by atoms with E-state index in [9.17, 15) is 17.6 Å². The lowest BCUT2D eigenvalue weighted by atomic mass is 10.2. The first-order valence-corrected chi connectivity index (χ1v) is 11.1. The second kappa shape index (κ2) is 7.90. The molecule has 0 atom stereocenters. The summed E-state index contributed by atoms with van der Waals surface area (Å²) >= 11 is 1.02. The van der Waals surface area contributed by atoms with Crippen LogP contribution in [-0.2, 0) is 23.1 Å². The van der Waals surface area contributed by atoms with Gasteiger partial charge in [-0.05, 0) is 41.5 Å². The summed E-state index contributed by atoms with van der Waals surface area (Å²) in [6.45, 7) is 0.473. The van der Waals surface area contributed by atoms with Gasteiger partial charge in [-0.15, -0.1) is 0 Å². The van der Waals surface area contributed by atoms with Crippen molar-refractivity contribution in [2.45, 2.75) is 18.0 Å². The van der Waals surface area contributed by atoms with Gasteiger partial charge >= 0.3 is 4.87 Å². The molecule has 148 valence electrons. The number of halogens is 1. The summed E-state index contributed by atoms with van der Waals surface area (Å²) in [5.74, 6) is -0.378. The minimum absolute atomic E-state index is 0.0475. The minimum Gasteiger partial charge on any atom is -0.294 e. The van der Waals surface area contributed by atoms with Crippen LogP contribution in [-0.4, -0.2) is 13.0 Å². The SMILES string of the molecule is O=c1sc2cc(S(=O)(=O)NCc3ccc(F)cc3)ccc2n1Cc1ccccc1. The standard InChI is InChI=1S/C21H17FN2O3S2/c22-17-8-6-15(7-9-17)13-23-29(26,27)18-10-11-19-20(12-18)28-21(25)24(19)14-16-4-2-1-3-5-16/h1-12,23H,13-14H2. The molecule has 0 amide bonds. The van der Waals surface area contributed by atoms with E-state index < -0.39 is 10.0 Å². The molecule has 4 aromatic rings.